The molecule has 0 atom stereocenters. The Kier molecular flexibility index (Phi) is 26.0. The third-order valence-corrected chi connectivity index (χ3v) is 7.21. The highest BCUT2D eigenvalue weighted by molar-refractivity contribution is 9.50. The van der Waals surface area contributed by atoms with Gasteiger partial charge in [0, 0.05) is 14.7 Å². The molecule has 0 amide bonds. The molecule has 3 aromatic rings. The number of halogens is 6. The summed E-state index contributed by atoms with van der Waals surface area (Å²) in [5, 5.41) is 0. The summed E-state index contributed by atoms with van der Waals surface area (Å²) in [6.45, 7) is 0. The lowest BCUT2D eigenvalue weighted by Crippen LogP contribution is -1.59. The molecule has 9 heteroatoms. The van der Waals surface area contributed by atoms with E-state index in [9.17, 15) is 0 Å². The van der Waals surface area contributed by atoms with Crippen LogP contribution in [0.1, 0.15) is 0 Å². The second kappa shape index (κ2) is 22.2. The standard InChI is InChI=1S/3C6H5BrS.3FH/c3*7-8-6-4-2-1-3-5-6;;;/h3*1-5H;3*1H. The van der Waals surface area contributed by atoms with E-state index in [0.717, 1.165) is 0 Å². The molecule has 150 valence electrons. The number of benzene rings is 3. The SMILES string of the molecule is BrSc1ccccc1.BrSc1ccccc1.BrSc1ccccc1.F.F.F. The monoisotopic (exact) mass is 624 g/mol. The van der Waals surface area contributed by atoms with E-state index in [2.05, 4.69) is 80.8 Å². The lowest BCUT2D eigenvalue weighted by Gasteiger charge is -1.87. The maximum atomic E-state index is 3.27. The molecule has 27 heavy (non-hydrogen) atoms. The van der Waals surface area contributed by atoms with Crippen molar-refractivity contribution >= 4 is 75.0 Å². The first-order valence-corrected chi connectivity index (χ1v) is 14.8. The minimum absolute atomic E-state index is 0. The van der Waals surface area contributed by atoms with E-state index in [0.29, 0.717) is 0 Å². The van der Waals surface area contributed by atoms with Gasteiger partial charge in [-0.05, 0) is 111 Å². The highest BCUT2D eigenvalue weighted by atomic mass is 79.9. The molecule has 0 fully saturated rings. The van der Waals surface area contributed by atoms with Crippen molar-refractivity contribution in [2.75, 3.05) is 0 Å². The predicted molar refractivity (Wildman–Crippen MR) is 131 cm³/mol. The quantitative estimate of drug-likeness (QED) is 0.284. The Hall–Kier alpha value is -0.0600. The minimum atomic E-state index is 0. The second-order valence-corrected chi connectivity index (χ2v) is 8.96. The molecule has 0 bridgehead atoms. The zero-order valence-electron chi connectivity index (χ0n) is 13.7. The van der Waals surface area contributed by atoms with Crippen LogP contribution in [-0.2, 0) is 0 Å². The van der Waals surface area contributed by atoms with Crippen LogP contribution >= 0.6 is 75.0 Å². The van der Waals surface area contributed by atoms with E-state index in [1.807, 2.05) is 54.6 Å². The molecular formula is C18H18Br3F3S3. The van der Waals surface area contributed by atoms with Crippen LogP contribution in [-0.4, -0.2) is 0 Å². The average molecular weight is 627 g/mol. The van der Waals surface area contributed by atoms with Gasteiger partial charge in [0.15, 0.2) is 0 Å². The van der Waals surface area contributed by atoms with E-state index in [4.69, 9.17) is 0 Å². The number of hydrogen-bond acceptors (Lipinski definition) is 3. The van der Waals surface area contributed by atoms with Gasteiger partial charge in [0.2, 0.25) is 0 Å². The van der Waals surface area contributed by atoms with Crippen molar-refractivity contribution in [3.8, 4) is 0 Å². The summed E-state index contributed by atoms with van der Waals surface area (Å²) in [5.74, 6) is 0. The summed E-state index contributed by atoms with van der Waals surface area (Å²) in [5.41, 5.74) is 0. The molecule has 0 nitrogen and oxygen atoms in total. The number of rotatable bonds is 3. The molecule has 3 aromatic carbocycles. The van der Waals surface area contributed by atoms with Gasteiger partial charge in [-0.25, -0.2) is 0 Å². The first-order chi connectivity index (χ1) is 11.8. The van der Waals surface area contributed by atoms with Gasteiger partial charge >= 0.3 is 0 Å². The van der Waals surface area contributed by atoms with E-state index in [1.54, 1.807) is 30.6 Å². The van der Waals surface area contributed by atoms with Crippen molar-refractivity contribution in [3.63, 3.8) is 0 Å². The first-order valence-electron chi connectivity index (χ1n) is 6.81. The topological polar surface area (TPSA) is 0 Å². The van der Waals surface area contributed by atoms with Crippen LogP contribution in [0.15, 0.2) is 106 Å². The van der Waals surface area contributed by atoms with E-state index < -0.39 is 0 Å². The summed E-state index contributed by atoms with van der Waals surface area (Å²) in [6, 6.07) is 30.5. The third-order valence-electron chi connectivity index (χ3n) is 2.50. The zero-order chi connectivity index (χ0) is 17.5. The van der Waals surface area contributed by atoms with Gasteiger partial charge < -0.3 is 0 Å². The molecule has 0 saturated heterocycles. The van der Waals surface area contributed by atoms with Crippen molar-refractivity contribution in [1.82, 2.24) is 0 Å². The van der Waals surface area contributed by atoms with Crippen molar-refractivity contribution in [1.29, 1.82) is 0 Å². The summed E-state index contributed by atoms with van der Waals surface area (Å²) < 4.78 is 0. The van der Waals surface area contributed by atoms with Crippen LogP contribution < -0.4 is 0 Å². The Morgan fingerprint density at radius 3 is 0.667 bits per heavy atom. The molecule has 0 heterocycles. The van der Waals surface area contributed by atoms with Gasteiger partial charge in [0.05, 0.1) is 0 Å². The van der Waals surface area contributed by atoms with Crippen LogP contribution in [0.5, 0.6) is 0 Å². The van der Waals surface area contributed by atoms with Crippen LogP contribution in [0.25, 0.3) is 0 Å². The van der Waals surface area contributed by atoms with Crippen molar-refractivity contribution < 1.29 is 14.1 Å². The average Bonchev–Trinajstić information content (AvgIpc) is 2.71. The maximum Gasteiger partial charge on any atom is 0.0188 e. The molecule has 0 aliphatic rings. The van der Waals surface area contributed by atoms with Crippen LogP contribution in [0.2, 0.25) is 0 Å². The van der Waals surface area contributed by atoms with Crippen LogP contribution in [0.4, 0.5) is 14.1 Å². The van der Waals surface area contributed by atoms with Gasteiger partial charge in [-0.3, -0.25) is 14.1 Å². The summed E-state index contributed by atoms with van der Waals surface area (Å²) in [7, 11) is 4.74. The summed E-state index contributed by atoms with van der Waals surface area (Å²) in [4.78, 5) is 3.73. The fourth-order valence-electron chi connectivity index (χ4n) is 1.42. The predicted octanol–water partition coefficient (Wildman–Crippen LogP) is 9.72. The molecule has 0 aromatic heterocycles. The van der Waals surface area contributed by atoms with Crippen molar-refractivity contribution in [3.05, 3.63) is 91.0 Å². The Morgan fingerprint density at radius 1 is 0.370 bits per heavy atom. The lowest BCUT2D eigenvalue weighted by atomic mass is 10.4. The maximum absolute atomic E-state index is 3.27. The molecule has 0 spiro atoms. The van der Waals surface area contributed by atoms with E-state index >= 15 is 0 Å². The summed E-state index contributed by atoms with van der Waals surface area (Å²) >= 11 is 9.82. The molecule has 0 N–H and O–H groups in total. The van der Waals surface area contributed by atoms with Gasteiger partial charge in [-0.1, -0.05) is 54.6 Å². The Bertz CT molecular complexity index is 557. The minimum Gasteiger partial charge on any atom is -0.269 e. The fourth-order valence-corrected chi connectivity index (χ4v) is 4.14. The summed E-state index contributed by atoms with van der Waals surface area (Å²) in [6.07, 6.45) is 0. The third kappa shape index (κ3) is 16.6. The molecule has 0 saturated carbocycles. The number of hydrogen-bond donors (Lipinski definition) is 0. The Balaban J connectivity index is -0.000000303. The van der Waals surface area contributed by atoms with Crippen LogP contribution in [0, 0.1) is 0 Å². The van der Waals surface area contributed by atoms with Crippen molar-refractivity contribution in [2.45, 2.75) is 14.7 Å². The second-order valence-electron chi connectivity index (χ2n) is 4.17. The molecule has 0 aliphatic carbocycles. The van der Waals surface area contributed by atoms with Gasteiger partial charge in [0.1, 0.15) is 0 Å². The van der Waals surface area contributed by atoms with Gasteiger partial charge in [-0.15, -0.1) is 0 Å². The fraction of sp³-hybridized carbons (Fsp3) is 0. The molecule has 3 rings (SSSR count). The van der Waals surface area contributed by atoms with Gasteiger partial charge in [-0.2, -0.15) is 0 Å². The zero-order valence-corrected chi connectivity index (χ0v) is 21.0. The molecular weight excluding hydrogens is 609 g/mol. The highest BCUT2D eigenvalue weighted by Crippen LogP contribution is 2.23. The molecule has 0 unspecified atom stereocenters. The van der Waals surface area contributed by atoms with E-state index in [1.165, 1.54) is 14.7 Å². The molecule has 0 radical (unpaired) electrons. The molecule has 0 aliphatic heterocycles. The smallest absolute Gasteiger partial charge is 0.0188 e. The van der Waals surface area contributed by atoms with Crippen LogP contribution in [0.3, 0.4) is 0 Å². The Labute approximate surface area is 193 Å². The Morgan fingerprint density at radius 2 is 0.556 bits per heavy atom. The normalized spacial score (nSPS) is 8.11. The largest absolute Gasteiger partial charge is 0.269 e. The lowest BCUT2D eigenvalue weighted by molar-refractivity contribution is 1.11. The van der Waals surface area contributed by atoms with Crippen molar-refractivity contribution in [2.24, 2.45) is 0 Å². The van der Waals surface area contributed by atoms with Gasteiger partial charge in [0.25, 0.3) is 0 Å². The highest BCUT2D eigenvalue weighted by Gasteiger charge is 1.83. The van der Waals surface area contributed by atoms with E-state index in [-0.39, 0.29) is 14.1 Å². The first kappa shape index (κ1) is 31.6.